The van der Waals surface area contributed by atoms with Crippen molar-refractivity contribution in [1.82, 2.24) is 0 Å². The maximum absolute atomic E-state index is 12.5. The zero-order valence-electron chi connectivity index (χ0n) is 14.2. The van der Waals surface area contributed by atoms with Gasteiger partial charge in [-0.05, 0) is 35.9 Å². The number of hydrogen-bond donors (Lipinski definition) is 1. The first-order chi connectivity index (χ1) is 13.1. The van der Waals surface area contributed by atoms with E-state index in [2.05, 4.69) is 10.3 Å². The summed E-state index contributed by atoms with van der Waals surface area (Å²) in [6.07, 6.45) is 0. The number of benzene rings is 3. The number of carbonyl (C=O) groups excluding carboxylic acids is 1. The SMILES string of the molecule is O=C(N=C1c2ccccc2CN1c1ccccc1)Nc1ccc(Cl)c(Cl)c1. The fourth-order valence-electron chi connectivity index (χ4n) is 3.03. The van der Waals surface area contributed by atoms with Crippen molar-refractivity contribution in [1.29, 1.82) is 0 Å². The molecule has 0 aliphatic carbocycles. The molecule has 3 aromatic carbocycles. The van der Waals surface area contributed by atoms with E-state index in [0.29, 0.717) is 28.1 Å². The van der Waals surface area contributed by atoms with Crippen molar-refractivity contribution in [2.45, 2.75) is 6.54 Å². The molecule has 0 saturated carbocycles. The van der Waals surface area contributed by atoms with Gasteiger partial charge < -0.3 is 10.2 Å². The van der Waals surface area contributed by atoms with E-state index in [-0.39, 0.29) is 0 Å². The lowest BCUT2D eigenvalue weighted by Crippen LogP contribution is -2.26. The Hall–Kier alpha value is -2.82. The summed E-state index contributed by atoms with van der Waals surface area (Å²) < 4.78 is 0. The summed E-state index contributed by atoms with van der Waals surface area (Å²) in [4.78, 5) is 18.9. The lowest BCUT2D eigenvalue weighted by atomic mass is 10.1. The minimum absolute atomic E-state index is 0.374. The van der Waals surface area contributed by atoms with Crippen LogP contribution in [0.4, 0.5) is 16.2 Å². The van der Waals surface area contributed by atoms with Gasteiger partial charge in [-0.25, -0.2) is 4.79 Å². The van der Waals surface area contributed by atoms with E-state index in [1.54, 1.807) is 18.2 Å². The number of nitrogens with zero attached hydrogens (tertiary/aromatic N) is 2. The van der Waals surface area contributed by atoms with E-state index in [0.717, 1.165) is 16.8 Å². The third-order valence-corrected chi connectivity index (χ3v) is 5.03. The first-order valence-electron chi connectivity index (χ1n) is 8.37. The van der Waals surface area contributed by atoms with Crippen LogP contribution in [0, 0.1) is 0 Å². The van der Waals surface area contributed by atoms with Crippen molar-refractivity contribution in [3.05, 3.63) is 94.0 Å². The quantitative estimate of drug-likeness (QED) is 0.578. The number of amidine groups is 1. The Kier molecular flexibility index (Phi) is 4.84. The highest BCUT2D eigenvalue weighted by Gasteiger charge is 2.27. The van der Waals surface area contributed by atoms with Gasteiger partial charge in [-0.1, -0.05) is 65.7 Å². The number of aliphatic imine (C=N–C) groups is 1. The lowest BCUT2D eigenvalue weighted by Gasteiger charge is -2.19. The molecule has 27 heavy (non-hydrogen) atoms. The van der Waals surface area contributed by atoms with E-state index >= 15 is 0 Å². The molecule has 1 aliphatic heterocycles. The van der Waals surface area contributed by atoms with E-state index in [1.807, 2.05) is 59.5 Å². The molecule has 0 bridgehead atoms. The molecule has 134 valence electrons. The Morgan fingerprint density at radius 1 is 0.926 bits per heavy atom. The van der Waals surface area contributed by atoms with Crippen molar-refractivity contribution in [2.75, 3.05) is 10.2 Å². The molecule has 0 spiro atoms. The molecule has 6 heteroatoms. The summed E-state index contributed by atoms with van der Waals surface area (Å²) in [6, 6.07) is 22.3. The number of amides is 2. The Bertz CT molecular complexity index is 1030. The van der Waals surface area contributed by atoms with Crippen LogP contribution in [0.15, 0.2) is 77.8 Å². The molecule has 0 fully saturated rings. The van der Waals surface area contributed by atoms with Crippen molar-refractivity contribution < 1.29 is 4.79 Å². The Balaban J connectivity index is 1.67. The van der Waals surface area contributed by atoms with Gasteiger partial charge in [0, 0.05) is 16.9 Å². The summed E-state index contributed by atoms with van der Waals surface area (Å²) in [5.41, 5.74) is 3.60. The second-order valence-electron chi connectivity index (χ2n) is 6.07. The Morgan fingerprint density at radius 3 is 2.44 bits per heavy atom. The molecule has 2 amide bonds. The van der Waals surface area contributed by atoms with Gasteiger partial charge in [-0.2, -0.15) is 4.99 Å². The van der Waals surface area contributed by atoms with Crippen molar-refractivity contribution in [2.24, 2.45) is 4.99 Å². The molecule has 1 aliphatic rings. The molecule has 0 saturated heterocycles. The van der Waals surface area contributed by atoms with Crippen LogP contribution < -0.4 is 10.2 Å². The topological polar surface area (TPSA) is 44.7 Å². The average molecular weight is 396 g/mol. The molecule has 3 aromatic rings. The van der Waals surface area contributed by atoms with Crippen molar-refractivity contribution >= 4 is 46.4 Å². The molecule has 0 aromatic heterocycles. The number of nitrogens with one attached hydrogen (secondary N) is 1. The first kappa shape index (κ1) is 17.6. The fourth-order valence-corrected chi connectivity index (χ4v) is 3.33. The van der Waals surface area contributed by atoms with Gasteiger partial charge in [-0.3, -0.25) is 0 Å². The molecule has 0 atom stereocenters. The minimum atomic E-state index is -0.471. The van der Waals surface area contributed by atoms with Crippen LogP contribution in [0.3, 0.4) is 0 Å². The van der Waals surface area contributed by atoms with E-state index in [9.17, 15) is 4.79 Å². The Labute approximate surface area is 167 Å². The molecular formula is C21H15Cl2N3O. The van der Waals surface area contributed by atoms with Gasteiger partial charge in [0.1, 0.15) is 5.84 Å². The third-order valence-electron chi connectivity index (χ3n) is 4.29. The maximum Gasteiger partial charge on any atom is 0.347 e. The van der Waals surface area contributed by atoms with Crippen LogP contribution in [-0.4, -0.2) is 11.9 Å². The van der Waals surface area contributed by atoms with Gasteiger partial charge in [0.25, 0.3) is 0 Å². The number of carbonyl (C=O) groups is 1. The largest absolute Gasteiger partial charge is 0.347 e. The van der Waals surface area contributed by atoms with E-state index in [1.165, 1.54) is 0 Å². The number of hydrogen-bond acceptors (Lipinski definition) is 1. The number of halogens is 2. The maximum atomic E-state index is 12.5. The zero-order chi connectivity index (χ0) is 18.8. The molecule has 4 nitrogen and oxygen atoms in total. The van der Waals surface area contributed by atoms with Gasteiger partial charge in [0.15, 0.2) is 0 Å². The minimum Gasteiger partial charge on any atom is -0.321 e. The number of para-hydroxylation sites is 1. The highest BCUT2D eigenvalue weighted by atomic mass is 35.5. The number of rotatable bonds is 2. The first-order valence-corrected chi connectivity index (χ1v) is 9.13. The van der Waals surface area contributed by atoms with Crippen LogP contribution in [0.2, 0.25) is 10.0 Å². The van der Waals surface area contributed by atoms with E-state index in [4.69, 9.17) is 23.2 Å². The van der Waals surface area contributed by atoms with Crippen LogP contribution in [-0.2, 0) is 6.54 Å². The fraction of sp³-hybridized carbons (Fsp3) is 0.0476. The molecular weight excluding hydrogens is 381 g/mol. The Morgan fingerprint density at radius 2 is 1.67 bits per heavy atom. The van der Waals surface area contributed by atoms with Crippen molar-refractivity contribution in [3.8, 4) is 0 Å². The standard InChI is InChI=1S/C21H15Cl2N3O/c22-18-11-10-15(12-19(18)23)24-21(27)25-20-17-9-5-4-6-14(17)13-26(20)16-7-2-1-3-8-16/h1-12H,13H2,(H,24,27). The van der Waals surface area contributed by atoms with Crippen LogP contribution in [0.5, 0.6) is 0 Å². The van der Waals surface area contributed by atoms with Gasteiger partial charge >= 0.3 is 6.03 Å². The molecule has 0 unspecified atom stereocenters. The lowest BCUT2D eigenvalue weighted by molar-refractivity contribution is 0.259. The third kappa shape index (κ3) is 3.68. The smallest absolute Gasteiger partial charge is 0.321 e. The van der Waals surface area contributed by atoms with Crippen molar-refractivity contribution in [3.63, 3.8) is 0 Å². The molecule has 4 rings (SSSR count). The number of fused-ring (bicyclic) bond motifs is 1. The molecule has 0 radical (unpaired) electrons. The highest BCUT2D eigenvalue weighted by molar-refractivity contribution is 6.42. The van der Waals surface area contributed by atoms with Crippen LogP contribution >= 0.6 is 23.2 Å². The predicted molar refractivity (Wildman–Crippen MR) is 111 cm³/mol. The van der Waals surface area contributed by atoms with E-state index < -0.39 is 6.03 Å². The monoisotopic (exact) mass is 395 g/mol. The van der Waals surface area contributed by atoms with Gasteiger partial charge in [0.2, 0.25) is 0 Å². The second-order valence-corrected chi connectivity index (χ2v) is 6.89. The zero-order valence-corrected chi connectivity index (χ0v) is 15.7. The van der Waals surface area contributed by atoms with Gasteiger partial charge in [-0.15, -0.1) is 0 Å². The number of anilines is 2. The summed E-state index contributed by atoms with van der Waals surface area (Å²) in [5, 5.41) is 3.55. The highest BCUT2D eigenvalue weighted by Crippen LogP contribution is 2.29. The molecule has 1 N–H and O–H groups in total. The predicted octanol–water partition coefficient (Wildman–Crippen LogP) is 5.99. The van der Waals surface area contributed by atoms with Crippen LogP contribution in [0.25, 0.3) is 0 Å². The average Bonchev–Trinajstić information content (AvgIpc) is 3.04. The molecule has 1 heterocycles. The van der Waals surface area contributed by atoms with Crippen LogP contribution in [0.1, 0.15) is 11.1 Å². The summed E-state index contributed by atoms with van der Waals surface area (Å²) in [5.74, 6) is 0.620. The summed E-state index contributed by atoms with van der Waals surface area (Å²) >= 11 is 11.9. The number of urea groups is 1. The summed E-state index contributed by atoms with van der Waals surface area (Å²) in [7, 11) is 0. The summed E-state index contributed by atoms with van der Waals surface area (Å²) in [6.45, 7) is 0.666. The normalized spacial score (nSPS) is 14.3. The second kappa shape index (κ2) is 7.43. The van der Waals surface area contributed by atoms with Gasteiger partial charge in [0.05, 0.1) is 16.6 Å².